The minimum absolute atomic E-state index is 0.0376. The number of hydrogen-bond acceptors (Lipinski definition) is 4. The zero-order chi connectivity index (χ0) is 19.6. The fourth-order valence-electron chi connectivity index (χ4n) is 4.41. The molecule has 27 heavy (non-hydrogen) atoms. The highest BCUT2D eigenvalue weighted by atomic mass is 16.5. The van der Waals surface area contributed by atoms with E-state index >= 15 is 0 Å². The summed E-state index contributed by atoms with van der Waals surface area (Å²) in [5.41, 5.74) is 3.76. The fraction of sp³-hybridized carbons (Fsp3) is 0.636. The highest BCUT2D eigenvalue weighted by Gasteiger charge is 2.64. The van der Waals surface area contributed by atoms with Gasteiger partial charge in [-0.3, -0.25) is 4.79 Å². The highest BCUT2D eigenvalue weighted by Crippen LogP contribution is 2.66. The number of ether oxygens (including phenoxy) is 2. The van der Waals surface area contributed by atoms with E-state index in [4.69, 9.17) is 9.47 Å². The molecule has 3 rings (SSSR count). The lowest BCUT2D eigenvalue weighted by Crippen LogP contribution is -2.22. The van der Waals surface area contributed by atoms with Crippen molar-refractivity contribution in [3.05, 3.63) is 23.8 Å². The van der Waals surface area contributed by atoms with E-state index in [1.54, 1.807) is 6.21 Å². The van der Waals surface area contributed by atoms with Crippen molar-refractivity contribution in [2.75, 3.05) is 0 Å². The SMILES string of the molecule is CC(C)Oc1ccc(/C=N\NC(=O)[C@@H]2[C@H]3CCCC[C@@]32C)c(OC(C)C)c1. The fourth-order valence-corrected chi connectivity index (χ4v) is 4.41. The van der Waals surface area contributed by atoms with E-state index in [0.717, 1.165) is 17.7 Å². The monoisotopic (exact) mass is 372 g/mol. The molecule has 1 N–H and O–H groups in total. The molecular formula is C22H32N2O3. The molecule has 5 nitrogen and oxygen atoms in total. The normalized spacial score (nSPS) is 26.9. The maximum Gasteiger partial charge on any atom is 0.244 e. The largest absolute Gasteiger partial charge is 0.491 e. The van der Waals surface area contributed by atoms with Crippen LogP contribution in [0.1, 0.15) is 65.9 Å². The lowest BCUT2D eigenvalue weighted by molar-refractivity contribution is -0.123. The summed E-state index contributed by atoms with van der Waals surface area (Å²) in [7, 11) is 0. The smallest absolute Gasteiger partial charge is 0.244 e. The van der Waals surface area contributed by atoms with Gasteiger partial charge in [0.1, 0.15) is 11.5 Å². The Bertz CT molecular complexity index is 714. The first-order chi connectivity index (χ1) is 12.8. The third-order valence-corrected chi connectivity index (χ3v) is 5.71. The van der Waals surface area contributed by atoms with Gasteiger partial charge in [0.15, 0.2) is 0 Å². The van der Waals surface area contributed by atoms with Crippen LogP contribution in [0.4, 0.5) is 0 Å². The number of carbonyl (C=O) groups excluding carboxylic acids is 1. The average Bonchev–Trinajstić information content (AvgIpc) is 3.21. The predicted molar refractivity (Wildman–Crippen MR) is 107 cm³/mol. The molecule has 2 aliphatic carbocycles. The number of rotatable bonds is 7. The first kappa shape index (κ1) is 19.7. The van der Waals surface area contributed by atoms with Gasteiger partial charge < -0.3 is 9.47 Å². The maximum absolute atomic E-state index is 12.5. The second-order valence-corrected chi connectivity index (χ2v) is 8.60. The lowest BCUT2D eigenvalue weighted by Gasteiger charge is -2.16. The van der Waals surface area contributed by atoms with Crippen molar-refractivity contribution in [2.45, 2.75) is 72.5 Å². The molecular weight excluding hydrogens is 340 g/mol. The number of benzene rings is 1. The highest BCUT2D eigenvalue weighted by molar-refractivity contribution is 5.87. The minimum Gasteiger partial charge on any atom is -0.491 e. The summed E-state index contributed by atoms with van der Waals surface area (Å²) in [5.74, 6) is 2.16. The minimum atomic E-state index is 0.0376. The van der Waals surface area contributed by atoms with Crippen molar-refractivity contribution in [1.29, 1.82) is 0 Å². The van der Waals surface area contributed by atoms with Crippen LogP contribution in [-0.4, -0.2) is 24.3 Å². The number of nitrogens with zero attached hydrogens (tertiary/aromatic N) is 1. The molecule has 0 bridgehead atoms. The molecule has 148 valence electrons. The van der Waals surface area contributed by atoms with Crippen molar-refractivity contribution in [3.8, 4) is 11.5 Å². The number of hydrogen-bond donors (Lipinski definition) is 1. The molecule has 0 aromatic heterocycles. The molecule has 1 aromatic carbocycles. The van der Waals surface area contributed by atoms with Gasteiger partial charge in [-0.25, -0.2) is 5.43 Å². The van der Waals surface area contributed by atoms with E-state index in [2.05, 4.69) is 17.5 Å². The van der Waals surface area contributed by atoms with Crippen LogP contribution in [0.2, 0.25) is 0 Å². The summed E-state index contributed by atoms with van der Waals surface area (Å²) in [6.07, 6.45) is 6.60. The Balaban J connectivity index is 1.66. The van der Waals surface area contributed by atoms with Crippen LogP contribution in [0.15, 0.2) is 23.3 Å². The standard InChI is InChI=1S/C22H32N2O3/c1-14(2)26-17-10-9-16(19(12-17)27-15(3)4)13-23-24-21(25)20-18-8-6-7-11-22(18,20)5/h9-10,12-15,18,20H,6-8,11H2,1-5H3,(H,24,25)/b23-13-/t18-,20+,22+/m1/s1. The Kier molecular flexibility index (Phi) is 5.78. The Morgan fingerprint density at radius 2 is 1.96 bits per heavy atom. The second-order valence-electron chi connectivity index (χ2n) is 8.60. The zero-order valence-corrected chi connectivity index (χ0v) is 17.1. The number of amides is 1. The van der Waals surface area contributed by atoms with Crippen LogP contribution >= 0.6 is 0 Å². The predicted octanol–water partition coefficient (Wildman–Crippen LogP) is 4.54. The van der Waals surface area contributed by atoms with Crippen LogP contribution in [0, 0.1) is 17.3 Å². The van der Waals surface area contributed by atoms with Crippen LogP contribution in [0.3, 0.4) is 0 Å². The van der Waals surface area contributed by atoms with Gasteiger partial charge in [-0.1, -0.05) is 19.8 Å². The molecule has 0 spiro atoms. The van der Waals surface area contributed by atoms with Gasteiger partial charge in [-0.05, 0) is 64.0 Å². The average molecular weight is 373 g/mol. The first-order valence-electron chi connectivity index (χ1n) is 10.1. The van der Waals surface area contributed by atoms with E-state index in [1.165, 1.54) is 19.3 Å². The Hall–Kier alpha value is -2.04. The summed E-state index contributed by atoms with van der Waals surface area (Å²) >= 11 is 0. The number of hydrazone groups is 1. The van der Waals surface area contributed by atoms with Gasteiger partial charge in [-0.15, -0.1) is 0 Å². The van der Waals surface area contributed by atoms with Crippen molar-refractivity contribution in [2.24, 2.45) is 22.4 Å². The van der Waals surface area contributed by atoms with Gasteiger partial charge in [0.05, 0.1) is 18.4 Å². The van der Waals surface area contributed by atoms with E-state index in [-0.39, 0.29) is 29.4 Å². The van der Waals surface area contributed by atoms with Gasteiger partial charge in [0, 0.05) is 17.5 Å². The molecule has 2 fully saturated rings. The van der Waals surface area contributed by atoms with Crippen molar-refractivity contribution >= 4 is 12.1 Å². The molecule has 0 saturated heterocycles. The van der Waals surface area contributed by atoms with Crippen molar-refractivity contribution < 1.29 is 14.3 Å². The summed E-state index contributed by atoms with van der Waals surface area (Å²) in [5, 5.41) is 4.20. The van der Waals surface area contributed by atoms with E-state index in [0.29, 0.717) is 11.7 Å². The third-order valence-electron chi connectivity index (χ3n) is 5.71. The topological polar surface area (TPSA) is 59.9 Å². The molecule has 0 unspecified atom stereocenters. The van der Waals surface area contributed by atoms with Crippen molar-refractivity contribution in [1.82, 2.24) is 5.43 Å². The van der Waals surface area contributed by atoms with Crippen LogP contribution in [-0.2, 0) is 4.79 Å². The van der Waals surface area contributed by atoms with Crippen LogP contribution < -0.4 is 14.9 Å². The summed E-state index contributed by atoms with van der Waals surface area (Å²) in [6, 6.07) is 5.68. The second kappa shape index (κ2) is 7.91. The van der Waals surface area contributed by atoms with Gasteiger partial charge in [-0.2, -0.15) is 5.10 Å². The lowest BCUT2D eigenvalue weighted by atomic mass is 9.90. The molecule has 5 heteroatoms. The van der Waals surface area contributed by atoms with E-state index < -0.39 is 0 Å². The number of nitrogens with one attached hydrogen (secondary N) is 1. The van der Waals surface area contributed by atoms with Gasteiger partial charge >= 0.3 is 0 Å². The number of carbonyl (C=O) groups is 1. The molecule has 1 aromatic rings. The molecule has 0 radical (unpaired) electrons. The maximum atomic E-state index is 12.5. The summed E-state index contributed by atoms with van der Waals surface area (Å²) in [6.45, 7) is 10.2. The molecule has 2 aliphatic rings. The Labute approximate surface area is 162 Å². The van der Waals surface area contributed by atoms with E-state index in [9.17, 15) is 4.79 Å². The molecule has 1 amide bonds. The molecule has 0 heterocycles. The third kappa shape index (κ3) is 4.45. The Morgan fingerprint density at radius 1 is 1.22 bits per heavy atom. The van der Waals surface area contributed by atoms with Gasteiger partial charge in [0.25, 0.3) is 0 Å². The van der Waals surface area contributed by atoms with Crippen molar-refractivity contribution in [3.63, 3.8) is 0 Å². The molecule has 2 saturated carbocycles. The van der Waals surface area contributed by atoms with E-state index in [1.807, 2.05) is 45.9 Å². The van der Waals surface area contributed by atoms with Crippen LogP contribution in [0.5, 0.6) is 11.5 Å². The van der Waals surface area contributed by atoms with Gasteiger partial charge in [0.2, 0.25) is 5.91 Å². The summed E-state index contributed by atoms with van der Waals surface area (Å²) in [4.78, 5) is 12.5. The van der Waals surface area contributed by atoms with Crippen LogP contribution in [0.25, 0.3) is 0 Å². The molecule has 0 aliphatic heterocycles. The Morgan fingerprint density at radius 3 is 2.59 bits per heavy atom. The first-order valence-corrected chi connectivity index (χ1v) is 10.1. The summed E-state index contributed by atoms with van der Waals surface area (Å²) < 4.78 is 11.6. The zero-order valence-electron chi connectivity index (χ0n) is 17.1. The number of fused-ring (bicyclic) bond motifs is 1. The quantitative estimate of drug-likeness (QED) is 0.565. The molecule has 3 atom stereocenters.